The highest BCUT2D eigenvalue weighted by atomic mass is 16.5. The molecule has 0 bridgehead atoms. The molecular formula is C21H26N2O4. The lowest BCUT2D eigenvalue weighted by molar-refractivity contribution is -0.169. The molecule has 3 fully saturated rings. The number of benzene rings is 1. The molecule has 0 aromatic heterocycles. The van der Waals surface area contributed by atoms with Gasteiger partial charge in [0.1, 0.15) is 0 Å². The van der Waals surface area contributed by atoms with E-state index in [0.29, 0.717) is 12.5 Å². The van der Waals surface area contributed by atoms with Gasteiger partial charge in [0, 0.05) is 24.2 Å². The second kappa shape index (κ2) is 6.04. The Kier molecular flexibility index (Phi) is 3.85. The predicted octanol–water partition coefficient (Wildman–Crippen LogP) is 1.79. The summed E-state index contributed by atoms with van der Waals surface area (Å²) < 4.78 is 11.0. The highest BCUT2D eigenvalue weighted by Crippen LogP contribution is 2.54. The first-order valence-electron chi connectivity index (χ1n) is 9.90. The first-order chi connectivity index (χ1) is 13.1. The number of nitrogens with zero attached hydrogens (tertiary/aromatic N) is 1. The van der Waals surface area contributed by atoms with Crippen molar-refractivity contribution < 1.29 is 19.1 Å². The van der Waals surface area contributed by atoms with Crippen LogP contribution in [0, 0.1) is 17.8 Å². The van der Waals surface area contributed by atoms with Crippen molar-refractivity contribution in [2.45, 2.75) is 37.3 Å². The zero-order valence-corrected chi connectivity index (χ0v) is 15.8. The molecule has 6 nitrogen and oxygen atoms in total. The van der Waals surface area contributed by atoms with Crippen molar-refractivity contribution >= 4 is 17.6 Å². The van der Waals surface area contributed by atoms with Gasteiger partial charge in [0.2, 0.25) is 5.91 Å². The second-order valence-electron chi connectivity index (χ2n) is 8.46. The molecule has 4 aliphatic rings. The Labute approximate surface area is 159 Å². The van der Waals surface area contributed by atoms with Gasteiger partial charge in [-0.2, -0.15) is 0 Å². The summed E-state index contributed by atoms with van der Waals surface area (Å²) in [5, 5.41) is 3.11. The minimum absolute atomic E-state index is 0.115. The summed E-state index contributed by atoms with van der Waals surface area (Å²) in [6.07, 6.45) is 1.79. The molecule has 0 saturated carbocycles. The summed E-state index contributed by atoms with van der Waals surface area (Å²) in [6, 6.07) is 8.19. The maximum Gasteiger partial charge on any atom is 0.311 e. The van der Waals surface area contributed by atoms with Crippen LogP contribution in [0.25, 0.3) is 0 Å². The van der Waals surface area contributed by atoms with Gasteiger partial charge in [-0.05, 0) is 43.9 Å². The predicted molar refractivity (Wildman–Crippen MR) is 99.2 cm³/mol. The van der Waals surface area contributed by atoms with E-state index in [2.05, 4.69) is 23.2 Å². The molecular weight excluding hydrogens is 344 g/mol. The molecule has 4 aliphatic heterocycles. The van der Waals surface area contributed by atoms with Crippen LogP contribution in [0.1, 0.15) is 25.3 Å². The lowest BCUT2D eigenvalue weighted by atomic mass is 9.65. The van der Waals surface area contributed by atoms with Gasteiger partial charge in [-0.3, -0.25) is 14.5 Å². The standard InChI is InChI=1S/C21H26N2O4/c1-12-14-10-23-8-7-21(16-5-3-4-6-17(16)22-20(21)25)18(23)9-13(14)15(11-27-12)19(24)26-2/h3-6,12-15,18H,7-11H2,1-2H3,(H,22,25). The SMILES string of the molecule is COC(=O)C1COC(C)C2CN3CCC4(C(=O)Nc5ccccc54)C3CC12. The largest absolute Gasteiger partial charge is 0.469 e. The zero-order valence-electron chi connectivity index (χ0n) is 15.8. The van der Waals surface area contributed by atoms with Gasteiger partial charge in [-0.15, -0.1) is 0 Å². The number of amides is 1. The molecule has 27 heavy (non-hydrogen) atoms. The average Bonchev–Trinajstić information content (AvgIpc) is 3.20. The van der Waals surface area contributed by atoms with E-state index in [1.807, 2.05) is 18.2 Å². The van der Waals surface area contributed by atoms with Gasteiger partial charge >= 0.3 is 5.97 Å². The van der Waals surface area contributed by atoms with Crippen LogP contribution in [0.3, 0.4) is 0 Å². The van der Waals surface area contributed by atoms with Gasteiger partial charge in [0.05, 0.1) is 31.2 Å². The Balaban J connectivity index is 1.53. The van der Waals surface area contributed by atoms with Gasteiger partial charge in [0.15, 0.2) is 0 Å². The van der Waals surface area contributed by atoms with Crippen LogP contribution in [-0.4, -0.2) is 55.7 Å². The molecule has 1 aromatic rings. The number of anilines is 1. The quantitative estimate of drug-likeness (QED) is 0.764. The van der Waals surface area contributed by atoms with E-state index in [0.717, 1.165) is 37.2 Å². The van der Waals surface area contributed by atoms with Gasteiger partial charge in [-0.1, -0.05) is 18.2 Å². The third-order valence-electron chi connectivity index (χ3n) is 7.52. The molecule has 0 aliphatic carbocycles. The smallest absolute Gasteiger partial charge is 0.311 e. The number of rotatable bonds is 1. The fourth-order valence-electron chi connectivity index (χ4n) is 6.13. The third-order valence-corrected chi connectivity index (χ3v) is 7.52. The van der Waals surface area contributed by atoms with Gasteiger partial charge in [0.25, 0.3) is 0 Å². The van der Waals surface area contributed by atoms with Crippen molar-refractivity contribution in [1.29, 1.82) is 0 Å². The van der Waals surface area contributed by atoms with Crippen LogP contribution in [0.2, 0.25) is 0 Å². The number of para-hydroxylation sites is 1. The average molecular weight is 370 g/mol. The number of hydrogen-bond acceptors (Lipinski definition) is 5. The van der Waals surface area contributed by atoms with Crippen molar-refractivity contribution in [3.63, 3.8) is 0 Å². The summed E-state index contributed by atoms with van der Waals surface area (Å²) in [6.45, 7) is 4.30. The number of piperidine rings is 1. The summed E-state index contributed by atoms with van der Waals surface area (Å²) in [7, 11) is 1.45. The molecule has 0 radical (unpaired) electrons. The second-order valence-corrected chi connectivity index (χ2v) is 8.46. The summed E-state index contributed by atoms with van der Waals surface area (Å²) in [5.74, 6) is 0.181. The van der Waals surface area contributed by atoms with E-state index >= 15 is 0 Å². The number of esters is 1. The van der Waals surface area contributed by atoms with Crippen molar-refractivity contribution in [3.8, 4) is 0 Å². The van der Waals surface area contributed by atoms with Crippen LogP contribution in [0.4, 0.5) is 5.69 Å². The minimum Gasteiger partial charge on any atom is -0.469 e. The topological polar surface area (TPSA) is 67.9 Å². The Morgan fingerprint density at radius 2 is 2.15 bits per heavy atom. The van der Waals surface area contributed by atoms with E-state index in [4.69, 9.17) is 9.47 Å². The Morgan fingerprint density at radius 1 is 1.33 bits per heavy atom. The van der Waals surface area contributed by atoms with E-state index < -0.39 is 5.41 Å². The maximum absolute atomic E-state index is 13.2. The van der Waals surface area contributed by atoms with Crippen molar-refractivity contribution in [2.75, 3.05) is 32.1 Å². The molecule has 1 amide bonds. The molecule has 5 rings (SSSR count). The van der Waals surface area contributed by atoms with Crippen LogP contribution in [-0.2, 0) is 24.5 Å². The van der Waals surface area contributed by atoms with Crippen LogP contribution >= 0.6 is 0 Å². The van der Waals surface area contributed by atoms with Gasteiger partial charge < -0.3 is 14.8 Å². The number of methoxy groups -OCH3 is 1. The summed E-state index contributed by atoms with van der Waals surface area (Å²) in [4.78, 5) is 28.0. The first-order valence-corrected chi connectivity index (χ1v) is 9.90. The molecule has 6 unspecified atom stereocenters. The van der Waals surface area contributed by atoms with Crippen LogP contribution in [0.5, 0.6) is 0 Å². The molecule has 6 heteroatoms. The molecule has 6 atom stereocenters. The van der Waals surface area contributed by atoms with E-state index in [1.165, 1.54) is 7.11 Å². The zero-order chi connectivity index (χ0) is 18.8. The van der Waals surface area contributed by atoms with Crippen LogP contribution < -0.4 is 5.32 Å². The molecule has 1 N–H and O–H groups in total. The molecule has 4 heterocycles. The maximum atomic E-state index is 13.2. The fourth-order valence-corrected chi connectivity index (χ4v) is 6.13. The third kappa shape index (κ3) is 2.26. The van der Waals surface area contributed by atoms with Crippen molar-refractivity contribution in [2.24, 2.45) is 17.8 Å². The number of carbonyl (C=O) groups excluding carboxylic acids is 2. The van der Waals surface area contributed by atoms with E-state index in [1.54, 1.807) is 0 Å². The molecule has 1 aromatic carbocycles. The van der Waals surface area contributed by atoms with Gasteiger partial charge in [-0.25, -0.2) is 0 Å². The molecule has 3 saturated heterocycles. The highest BCUT2D eigenvalue weighted by Gasteiger charge is 2.61. The number of nitrogens with one attached hydrogen (secondary N) is 1. The first kappa shape index (κ1) is 17.2. The number of hydrogen-bond donors (Lipinski definition) is 1. The Hall–Kier alpha value is -1.92. The highest BCUT2D eigenvalue weighted by molar-refractivity contribution is 6.07. The molecule has 1 spiro atoms. The minimum atomic E-state index is -0.496. The normalized spacial score (nSPS) is 40.2. The Bertz CT molecular complexity index is 796. The number of fused-ring (bicyclic) bond motifs is 5. The van der Waals surface area contributed by atoms with Crippen molar-refractivity contribution in [1.82, 2.24) is 4.90 Å². The summed E-state index contributed by atoms with van der Waals surface area (Å²) >= 11 is 0. The van der Waals surface area contributed by atoms with E-state index in [9.17, 15) is 9.59 Å². The van der Waals surface area contributed by atoms with Crippen molar-refractivity contribution in [3.05, 3.63) is 29.8 Å². The summed E-state index contributed by atoms with van der Waals surface area (Å²) in [5.41, 5.74) is 1.57. The number of ether oxygens (including phenoxy) is 2. The van der Waals surface area contributed by atoms with Crippen LogP contribution in [0.15, 0.2) is 24.3 Å². The number of carbonyl (C=O) groups is 2. The Morgan fingerprint density at radius 3 is 2.96 bits per heavy atom. The van der Waals surface area contributed by atoms with E-state index in [-0.39, 0.29) is 35.9 Å². The lowest BCUT2D eigenvalue weighted by Crippen LogP contribution is -2.59. The monoisotopic (exact) mass is 370 g/mol. The lowest BCUT2D eigenvalue weighted by Gasteiger charge is -2.50. The fraction of sp³-hybridized carbons (Fsp3) is 0.619. The molecule has 144 valence electrons.